The first kappa shape index (κ1) is 27.4. The molecule has 1 aliphatic heterocycles. The van der Waals surface area contributed by atoms with Gasteiger partial charge < -0.3 is 30.7 Å². The maximum absolute atomic E-state index is 14.0. The molecule has 0 bridgehead atoms. The molecule has 1 heterocycles. The Hall–Kier alpha value is -4.47. The number of carbonyl (C=O) groups is 1. The van der Waals surface area contributed by atoms with E-state index in [0.717, 1.165) is 5.56 Å². The number of fused-ring (bicyclic) bond motifs is 4. The van der Waals surface area contributed by atoms with E-state index in [-0.39, 0.29) is 34.0 Å². The lowest BCUT2D eigenvalue weighted by Crippen LogP contribution is -2.50. The van der Waals surface area contributed by atoms with Crippen LogP contribution < -0.4 is 26.2 Å². The molecule has 0 spiro atoms. The van der Waals surface area contributed by atoms with Crippen molar-refractivity contribution in [2.45, 2.75) is 65.3 Å². The van der Waals surface area contributed by atoms with Gasteiger partial charge in [0, 0.05) is 33.3 Å². The molecule has 2 unspecified atom stereocenters. The van der Waals surface area contributed by atoms with Gasteiger partial charge in [0.1, 0.15) is 5.78 Å². The minimum Gasteiger partial charge on any atom is -0.504 e. The van der Waals surface area contributed by atoms with Crippen LogP contribution in [-0.4, -0.2) is 39.8 Å². The molecule has 9 heteroatoms. The van der Waals surface area contributed by atoms with Crippen molar-refractivity contribution >= 4 is 66.3 Å². The van der Waals surface area contributed by atoms with Crippen molar-refractivity contribution in [1.29, 1.82) is 0 Å². The van der Waals surface area contributed by atoms with Crippen molar-refractivity contribution in [3.63, 3.8) is 0 Å². The first-order chi connectivity index (χ1) is 20.4. The number of ketones is 1. The van der Waals surface area contributed by atoms with Crippen LogP contribution >= 0.6 is 0 Å². The van der Waals surface area contributed by atoms with E-state index >= 15 is 0 Å². The average Bonchev–Trinajstić information content (AvgIpc) is 3.08. The van der Waals surface area contributed by atoms with Crippen LogP contribution in [0.3, 0.4) is 0 Å². The number of anilines is 2. The van der Waals surface area contributed by atoms with Crippen molar-refractivity contribution in [3.8, 4) is 11.5 Å². The summed E-state index contributed by atoms with van der Waals surface area (Å²) in [6.07, 6.45) is 1.93. The van der Waals surface area contributed by atoms with E-state index in [9.17, 15) is 29.7 Å². The topological polar surface area (TPSA) is 145 Å². The average molecular weight is 581 g/mol. The molecular formula is C34H32N2O7. The number of aromatic hydroxyl groups is 1. The number of Topliss-reactive ketones (excluding diaryl/α,β-unsaturated/α-hetero) is 1. The van der Waals surface area contributed by atoms with Gasteiger partial charge in [0.2, 0.25) is 0 Å². The molecule has 7 rings (SSSR count). The van der Waals surface area contributed by atoms with Gasteiger partial charge in [-0.2, -0.15) is 0 Å². The van der Waals surface area contributed by atoms with Crippen LogP contribution in [0, 0.1) is 0 Å². The normalized spacial score (nSPS) is 19.0. The van der Waals surface area contributed by atoms with Crippen molar-refractivity contribution in [2.75, 3.05) is 17.7 Å². The number of methoxy groups -OCH3 is 1. The molecule has 220 valence electrons. The lowest BCUT2D eigenvalue weighted by molar-refractivity contribution is -0.117. The number of phenolic OH excluding ortho intramolecular Hbond substituents is 1. The molecule has 0 fully saturated rings. The maximum atomic E-state index is 14.0. The highest BCUT2D eigenvalue weighted by atomic mass is 16.5. The Morgan fingerprint density at radius 2 is 1.49 bits per heavy atom. The van der Waals surface area contributed by atoms with E-state index in [4.69, 9.17) is 4.74 Å². The quantitative estimate of drug-likeness (QED) is 0.151. The molecule has 9 nitrogen and oxygen atoms in total. The fourth-order valence-corrected chi connectivity index (χ4v) is 7.55. The molecule has 5 aromatic rings. The SMILES string of the molecule is COc1c(O)c2c(=O)cc(CO)c3c4c(CO)cc(=O)c5c6c(c7c(c(c1C(C(C)=O)C(C)=C7)c23)c54)NC(C)C(C)(C)N6. The zero-order valence-corrected chi connectivity index (χ0v) is 24.8. The second-order valence-electron chi connectivity index (χ2n) is 12.5. The Morgan fingerprint density at radius 3 is 2.05 bits per heavy atom. The van der Waals surface area contributed by atoms with Gasteiger partial charge in [-0.3, -0.25) is 14.4 Å². The second-order valence-corrected chi connectivity index (χ2v) is 12.5. The first-order valence-corrected chi connectivity index (χ1v) is 14.3. The summed E-state index contributed by atoms with van der Waals surface area (Å²) in [5.74, 6) is -1.41. The summed E-state index contributed by atoms with van der Waals surface area (Å²) in [5.41, 5.74) is 2.46. The van der Waals surface area contributed by atoms with Gasteiger partial charge in [-0.25, -0.2) is 0 Å². The Bertz CT molecular complexity index is 2240. The van der Waals surface area contributed by atoms with E-state index in [1.165, 1.54) is 26.2 Å². The Labute approximate surface area is 246 Å². The van der Waals surface area contributed by atoms with Crippen molar-refractivity contribution in [2.24, 2.45) is 0 Å². The zero-order chi connectivity index (χ0) is 30.9. The minimum absolute atomic E-state index is 0.0113. The number of nitrogens with one attached hydrogen (secondary N) is 2. The molecule has 2 aliphatic rings. The fraction of sp³-hybridized carbons (Fsp3) is 0.324. The molecule has 0 aromatic heterocycles. The third-order valence-electron chi connectivity index (χ3n) is 9.71. The molecule has 5 aromatic carbocycles. The number of benzene rings is 5. The molecule has 0 saturated carbocycles. The van der Waals surface area contributed by atoms with Gasteiger partial charge in [0.25, 0.3) is 0 Å². The van der Waals surface area contributed by atoms with Gasteiger partial charge in [0.05, 0.1) is 53.9 Å². The van der Waals surface area contributed by atoms with Crippen LogP contribution in [0.15, 0.2) is 27.3 Å². The molecule has 0 radical (unpaired) electrons. The summed E-state index contributed by atoms with van der Waals surface area (Å²) in [6, 6.07) is 2.62. The lowest BCUT2D eigenvalue weighted by Gasteiger charge is -2.42. The highest BCUT2D eigenvalue weighted by Gasteiger charge is 2.40. The smallest absolute Gasteiger partial charge is 0.190 e. The van der Waals surface area contributed by atoms with Crippen molar-refractivity contribution < 1.29 is 24.9 Å². The number of phenols is 1. The number of rotatable bonds is 4. The van der Waals surface area contributed by atoms with Gasteiger partial charge in [-0.05, 0) is 74.0 Å². The number of hydrogen-bond donors (Lipinski definition) is 5. The Kier molecular flexibility index (Phi) is 5.59. The van der Waals surface area contributed by atoms with E-state index in [2.05, 4.69) is 10.6 Å². The second kappa shape index (κ2) is 8.78. The van der Waals surface area contributed by atoms with E-state index in [0.29, 0.717) is 65.8 Å². The van der Waals surface area contributed by atoms with Gasteiger partial charge >= 0.3 is 0 Å². The van der Waals surface area contributed by atoms with Gasteiger partial charge in [-0.1, -0.05) is 11.6 Å². The van der Waals surface area contributed by atoms with E-state index < -0.39 is 35.8 Å². The molecule has 43 heavy (non-hydrogen) atoms. The first-order valence-electron chi connectivity index (χ1n) is 14.3. The van der Waals surface area contributed by atoms with Crippen LogP contribution in [0.5, 0.6) is 11.5 Å². The predicted octanol–water partition coefficient (Wildman–Crippen LogP) is 4.69. The molecule has 0 amide bonds. The van der Waals surface area contributed by atoms with Crippen LogP contribution in [0.1, 0.15) is 62.8 Å². The monoisotopic (exact) mass is 580 g/mol. The molecule has 5 N–H and O–H groups in total. The highest BCUT2D eigenvalue weighted by molar-refractivity contribution is 6.40. The molecule has 0 saturated heterocycles. The maximum Gasteiger partial charge on any atom is 0.190 e. The molecule has 1 aliphatic carbocycles. The third kappa shape index (κ3) is 3.26. The van der Waals surface area contributed by atoms with Gasteiger partial charge in [-0.15, -0.1) is 0 Å². The van der Waals surface area contributed by atoms with Gasteiger partial charge in [0.15, 0.2) is 22.4 Å². The summed E-state index contributed by atoms with van der Waals surface area (Å²) in [7, 11) is 1.38. The number of allylic oxidation sites excluding steroid dienone is 1. The third-order valence-corrected chi connectivity index (χ3v) is 9.71. The van der Waals surface area contributed by atoms with E-state index in [1.807, 2.05) is 33.8 Å². The summed E-state index contributed by atoms with van der Waals surface area (Å²) in [5, 5.41) is 43.4. The van der Waals surface area contributed by atoms with Crippen LogP contribution in [0.25, 0.3) is 49.2 Å². The fourth-order valence-electron chi connectivity index (χ4n) is 7.55. The summed E-state index contributed by atoms with van der Waals surface area (Å²) in [6.45, 7) is 8.47. The number of ether oxygens (including phenoxy) is 1. The summed E-state index contributed by atoms with van der Waals surface area (Å²) in [4.78, 5) is 41.1. The van der Waals surface area contributed by atoms with Crippen LogP contribution in [-0.2, 0) is 18.0 Å². The van der Waals surface area contributed by atoms with E-state index in [1.54, 1.807) is 0 Å². The highest BCUT2D eigenvalue weighted by Crippen LogP contribution is 2.57. The standard InChI is InChI=1S/C34H32N2O7/c1-12-7-17-23-26-21(15(10-37)8-18(40)24(26)31-30(17)35-14(3)34(4,5)36-31)22-16(11-38)9-19(41)25-27(22)28(23)29(20(12)13(2)39)33(43-6)32(25)42/h7-9,14,20,35-38,42H,10-11H2,1-6H3. The number of aliphatic hydroxyl groups excluding tert-OH is 2. The Balaban J connectivity index is 1.98. The molecular weight excluding hydrogens is 548 g/mol. The van der Waals surface area contributed by atoms with Crippen molar-refractivity contribution in [3.05, 3.63) is 60.4 Å². The zero-order valence-electron chi connectivity index (χ0n) is 24.8. The molecule has 2 atom stereocenters. The number of hydrogen-bond acceptors (Lipinski definition) is 9. The van der Waals surface area contributed by atoms with Crippen molar-refractivity contribution in [1.82, 2.24) is 0 Å². The Morgan fingerprint density at radius 1 is 0.907 bits per heavy atom. The number of aliphatic hydroxyl groups is 2. The minimum atomic E-state index is -0.834. The van der Waals surface area contributed by atoms with Crippen LogP contribution in [0.4, 0.5) is 11.4 Å². The lowest BCUT2D eigenvalue weighted by atomic mass is 9.78. The summed E-state index contributed by atoms with van der Waals surface area (Å²) >= 11 is 0. The number of carbonyl (C=O) groups excluding carboxylic acids is 1. The predicted molar refractivity (Wildman–Crippen MR) is 169 cm³/mol. The summed E-state index contributed by atoms with van der Waals surface area (Å²) < 4.78 is 5.77. The van der Waals surface area contributed by atoms with Crippen LogP contribution in [0.2, 0.25) is 0 Å². The largest absolute Gasteiger partial charge is 0.504 e.